The predicted molar refractivity (Wildman–Crippen MR) is 75.1 cm³/mol. The summed E-state index contributed by atoms with van der Waals surface area (Å²) < 4.78 is 0. The lowest BCUT2D eigenvalue weighted by molar-refractivity contribution is -0.144. The molecule has 1 N–H and O–H groups in total. The third kappa shape index (κ3) is 2.71. The van der Waals surface area contributed by atoms with E-state index in [0.29, 0.717) is 5.69 Å². The molecule has 1 aromatic carbocycles. The van der Waals surface area contributed by atoms with Gasteiger partial charge in [-0.05, 0) is 38.0 Å². The minimum absolute atomic E-state index is 0.194. The zero-order valence-corrected chi connectivity index (χ0v) is 11.9. The Bertz CT molecular complexity index is 564. The smallest absolute Gasteiger partial charge is 0.247 e. The Labute approximate surface area is 118 Å². The van der Waals surface area contributed by atoms with Crippen molar-refractivity contribution < 1.29 is 14.4 Å². The van der Waals surface area contributed by atoms with E-state index >= 15 is 0 Å². The van der Waals surface area contributed by atoms with Gasteiger partial charge in [0.1, 0.15) is 6.04 Å². The lowest BCUT2D eigenvalue weighted by Crippen LogP contribution is -2.45. The summed E-state index contributed by atoms with van der Waals surface area (Å²) in [6, 6.07) is 4.97. The van der Waals surface area contributed by atoms with Crippen LogP contribution in [-0.4, -0.2) is 28.7 Å². The SMILES string of the molecule is Cc1ccc(C)c(NC(=O)[C@@H](C)N2C(=O)CCC2=O)c1. The molecule has 0 spiro atoms. The second kappa shape index (κ2) is 5.45. The van der Waals surface area contributed by atoms with Crippen LogP contribution in [0.25, 0.3) is 0 Å². The summed E-state index contributed by atoms with van der Waals surface area (Å²) in [6.07, 6.45) is 0.389. The van der Waals surface area contributed by atoms with Gasteiger partial charge in [0.2, 0.25) is 17.7 Å². The number of carbonyl (C=O) groups is 3. The zero-order valence-electron chi connectivity index (χ0n) is 11.9. The number of likely N-dealkylation sites (tertiary alicyclic amines) is 1. The monoisotopic (exact) mass is 274 g/mol. The standard InChI is InChI=1S/C15H18N2O3/c1-9-4-5-10(2)12(8-9)16-15(20)11(3)17-13(18)6-7-14(17)19/h4-5,8,11H,6-7H2,1-3H3,(H,16,20)/t11-/m1/s1. The number of benzene rings is 1. The van der Waals surface area contributed by atoms with E-state index < -0.39 is 6.04 Å². The first kappa shape index (κ1) is 14.2. The molecule has 0 saturated carbocycles. The molecule has 1 aliphatic rings. The van der Waals surface area contributed by atoms with Crippen molar-refractivity contribution >= 4 is 23.4 Å². The summed E-state index contributed by atoms with van der Waals surface area (Å²) in [5.74, 6) is -0.903. The van der Waals surface area contributed by atoms with Crippen molar-refractivity contribution in [1.29, 1.82) is 0 Å². The molecular weight excluding hydrogens is 256 g/mol. The van der Waals surface area contributed by atoms with Gasteiger partial charge in [0.25, 0.3) is 0 Å². The van der Waals surface area contributed by atoms with E-state index in [1.807, 2.05) is 32.0 Å². The summed E-state index contributed by atoms with van der Waals surface area (Å²) in [6.45, 7) is 5.40. The highest BCUT2D eigenvalue weighted by Crippen LogP contribution is 2.19. The van der Waals surface area contributed by atoms with Crippen molar-refractivity contribution in [2.24, 2.45) is 0 Å². The first-order valence-corrected chi connectivity index (χ1v) is 6.63. The van der Waals surface area contributed by atoms with Gasteiger partial charge in [-0.1, -0.05) is 12.1 Å². The third-order valence-electron chi connectivity index (χ3n) is 3.51. The molecule has 1 atom stereocenters. The number of imide groups is 1. The number of aryl methyl sites for hydroxylation is 2. The first-order valence-electron chi connectivity index (χ1n) is 6.63. The normalized spacial score (nSPS) is 16.4. The highest BCUT2D eigenvalue weighted by molar-refractivity contribution is 6.07. The van der Waals surface area contributed by atoms with E-state index in [0.717, 1.165) is 16.0 Å². The van der Waals surface area contributed by atoms with Crippen molar-refractivity contribution in [3.8, 4) is 0 Å². The maximum atomic E-state index is 12.2. The molecule has 3 amide bonds. The molecule has 1 saturated heterocycles. The number of anilines is 1. The van der Waals surface area contributed by atoms with Crippen LogP contribution < -0.4 is 5.32 Å². The van der Waals surface area contributed by atoms with Crippen molar-refractivity contribution in [1.82, 2.24) is 4.90 Å². The number of amides is 3. The number of carbonyl (C=O) groups excluding carboxylic acids is 3. The minimum atomic E-state index is -0.780. The molecule has 0 aromatic heterocycles. The van der Waals surface area contributed by atoms with Gasteiger partial charge in [-0.3, -0.25) is 19.3 Å². The van der Waals surface area contributed by atoms with Crippen LogP contribution in [0.3, 0.4) is 0 Å². The van der Waals surface area contributed by atoms with Crippen LogP contribution >= 0.6 is 0 Å². The fourth-order valence-electron chi connectivity index (χ4n) is 2.25. The molecule has 106 valence electrons. The van der Waals surface area contributed by atoms with E-state index in [1.165, 1.54) is 0 Å². The maximum absolute atomic E-state index is 12.2. The summed E-state index contributed by atoms with van der Waals surface area (Å²) >= 11 is 0. The van der Waals surface area contributed by atoms with Crippen LogP contribution in [0.2, 0.25) is 0 Å². The molecule has 1 heterocycles. The van der Waals surface area contributed by atoms with Gasteiger partial charge in [0.05, 0.1) is 0 Å². The summed E-state index contributed by atoms with van der Waals surface area (Å²) in [7, 11) is 0. The van der Waals surface area contributed by atoms with Gasteiger partial charge in [0, 0.05) is 18.5 Å². The Morgan fingerprint density at radius 3 is 2.40 bits per heavy atom. The van der Waals surface area contributed by atoms with Crippen molar-refractivity contribution in [2.75, 3.05) is 5.32 Å². The first-order chi connectivity index (χ1) is 9.40. The number of nitrogens with one attached hydrogen (secondary N) is 1. The fraction of sp³-hybridized carbons (Fsp3) is 0.400. The van der Waals surface area contributed by atoms with Crippen LogP contribution in [0.4, 0.5) is 5.69 Å². The number of nitrogens with zero attached hydrogens (tertiary/aromatic N) is 1. The predicted octanol–water partition coefficient (Wildman–Crippen LogP) is 1.78. The lowest BCUT2D eigenvalue weighted by Gasteiger charge is -2.22. The molecule has 0 unspecified atom stereocenters. The van der Waals surface area contributed by atoms with Gasteiger partial charge >= 0.3 is 0 Å². The fourth-order valence-corrected chi connectivity index (χ4v) is 2.25. The van der Waals surface area contributed by atoms with Crippen LogP contribution in [0, 0.1) is 13.8 Å². The molecule has 1 aliphatic heterocycles. The second-order valence-electron chi connectivity index (χ2n) is 5.14. The maximum Gasteiger partial charge on any atom is 0.247 e. The van der Waals surface area contributed by atoms with Crippen molar-refractivity contribution in [2.45, 2.75) is 39.7 Å². The molecule has 20 heavy (non-hydrogen) atoms. The molecule has 0 bridgehead atoms. The van der Waals surface area contributed by atoms with Gasteiger partial charge < -0.3 is 5.32 Å². The Balaban J connectivity index is 2.13. The summed E-state index contributed by atoms with van der Waals surface area (Å²) in [5.41, 5.74) is 2.68. The molecule has 0 aliphatic carbocycles. The van der Waals surface area contributed by atoms with E-state index in [9.17, 15) is 14.4 Å². The van der Waals surface area contributed by atoms with E-state index in [1.54, 1.807) is 6.92 Å². The molecule has 5 nitrogen and oxygen atoms in total. The number of hydrogen-bond acceptors (Lipinski definition) is 3. The topological polar surface area (TPSA) is 66.5 Å². The van der Waals surface area contributed by atoms with Gasteiger partial charge in [-0.15, -0.1) is 0 Å². The molecule has 2 rings (SSSR count). The zero-order chi connectivity index (χ0) is 14.9. The Hall–Kier alpha value is -2.17. The minimum Gasteiger partial charge on any atom is -0.324 e. The van der Waals surface area contributed by atoms with Gasteiger partial charge in [-0.25, -0.2) is 0 Å². The highest BCUT2D eigenvalue weighted by atomic mass is 16.2. The number of rotatable bonds is 3. The Morgan fingerprint density at radius 2 is 1.80 bits per heavy atom. The molecule has 0 radical (unpaired) electrons. The van der Waals surface area contributed by atoms with E-state index in [-0.39, 0.29) is 30.6 Å². The summed E-state index contributed by atoms with van der Waals surface area (Å²) in [4.78, 5) is 36.5. The van der Waals surface area contributed by atoms with E-state index in [4.69, 9.17) is 0 Å². The largest absolute Gasteiger partial charge is 0.324 e. The second-order valence-corrected chi connectivity index (χ2v) is 5.14. The Kier molecular flexibility index (Phi) is 3.88. The van der Waals surface area contributed by atoms with Crippen molar-refractivity contribution in [3.05, 3.63) is 29.3 Å². The van der Waals surface area contributed by atoms with Gasteiger partial charge in [-0.2, -0.15) is 0 Å². The Morgan fingerprint density at radius 1 is 1.20 bits per heavy atom. The lowest BCUT2D eigenvalue weighted by atomic mass is 10.1. The van der Waals surface area contributed by atoms with Crippen LogP contribution in [-0.2, 0) is 14.4 Å². The molecular formula is C15H18N2O3. The third-order valence-corrected chi connectivity index (χ3v) is 3.51. The number of hydrogen-bond donors (Lipinski definition) is 1. The highest BCUT2D eigenvalue weighted by Gasteiger charge is 2.36. The van der Waals surface area contributed by atoms with Crippen molar-refractivity contribution in [3.63, 3.8) is 0 Å². The molecule has 1 fully saturated rings. The van der Waals surface area contributed by atoms with Crippen LogP contribution in [0.1, 0.15) is 30.9 Å². The average Bonchev–Trinajstić information content (AvgIpc) is 2.72. The molecule has 1 aromatic rings. The summed E-state index contributed by atoms with van der Waals surface area (Å²) in [5, 5.41) is 2.78. The average molecular weight is 274 g/mol. The quantitative estimate of drug-likeness (QED) is 0.854. The van der Waals surface area contributed by atoms with Crippen LogP contribution in [0.5, 0.6) is 0 Å². The molecule has 5 heteroatoms. The van der Waals surface area contributed by atoms with Crippen LogP contribution in [0.15, 0.2) is 18.2 Å². The van der Waals surface area contributed by atoms with Gasteiger partial charge in [0.15, 0.2) is 0 Å². The van der Waals surface area contributed by atoms with E-state index in [2.05, 4.69) is 5.32 Å².